The number of likely N-dealkylation sites (tertiary alicyclic amines) is 1. The number of amides is 1. The second-order valence-corrected chi connectivity index (χ2v) is 4.69. The zero-order valence-corrected chi connectivity index (χ0v) is 11.2. The Morgan fingerprint density at radius 3 is 2.65 bits per heavy atom. The number of halogens is 2. The lowest BCUT2D eigenvalue weighted by Crippen LogP contribution is -2.40. The van der Waals surface area contributed by atoms with E-state index in [-0.39, 0.29) is 25.4 Å². The highest BCUT2D eigenvalue weighted by Gasteiger charge is 2.28. The summed E-state index contributed by atoms with van der Waals surface area (Å²) < 4.78 is 32.9. The van der Waals surface area contributed by atoms with Crippen LogP contribution in [0.4, 0.5) is 8.78 Å². The fourth-order valence-electron chi connectivity index (χ4n) is 2.22. The maximum absolute atomic E-state index is 14.1. The van der Waals surface area contributed by atoms with E-state index in [4.69, 9.17) is 4.74 Å². The largest absolute Gasteiger partial charge is 0.491 e. The summed E-state index contributed by atoms with van der Waals surface area (Å²) >= 11 is 0. The molecule has 1 aromatic rings. The maximum atomic E-state index is 14.1. The smallest absolute Gasteiger partial charge is 0.259 e. The van der Waals surface area contributed by atoms with E-state index >= 15 is 0 Å². The Bertz CT molecular complexity index is 499. The zero-order chi connectivity index (χ0) is 14.7. The molecule has 1 fully saturated rings. The SMILES string of the molecule is CCOc1ccc(F)c(C(=O)N2CCC(O)CC2)c1F. The number of ether oxygens (including phenoxy) is 1. The van der Waals surface area contributed by atoms with E-state index in [1.165, 1.54) is 11.0 Å². The number of carbonyl (C=O) groups is 1. The molecule has 4 nitrogen and oxygen atoms in total. The summed E-state index contributed by atoms with van der Waals surface area (Å²) in [7, 11) is 0. The Morgan fingerprint density at radius 1 is 1.40 bits per heavy atom. The van der Waals surface area contributed by atoms with Gasteiger partial charge in [-0.2, -0.15) is 0 Å². The zero-order valence-electron chi connectivity index (χ0n) is 11.2. The summed E-state index contributed by atoms with van der Waals surface area (Å²) in [5.41, 5.74) is -0.590. The van der Waals surface area contributed by atoms with Crippen LogP contribution < -0.4 is 4.74 Å². The molecule has 0 bridgehead atoms. The highest BCUT2D eigenvalue weighted by atomic mass is 19.1. The first-order valence-electron chi connectivity index (χ1n) is 6.62. The van der Waals surface area contributed by atoms with E-state index in [0.29, 0.717) is 12.8 Å². The lowest BCUT2D eigenvalue weighted by Gasteiger charge is -2.29. The lowest BCUT2D eigenvalue weighted by atomic mass is 10.1. The Balaban J connectivity index is 2.27. The maximum Gasteiger partial charge on any atom is 0.259 e. The standard InChI is InChI=1S/C14H17F2NO3/c1-2-20-11-4-3-10(15)12(13(11)16)14(19)17-7-5-9(18)6-8-17/h3-4,9,18H,2,5-8H2,1H3. The second kappa shape index (κ2) is 6.17. The first-order chi connectivity index (χ1) is 9.54. The molecule has 1 heterocycles. The van der Waals surface area contributed by atoms with Gasteiger partial charge in [-0.25, -0.2) is 8.78 Å². The van der Waals surface area contributed by atoms with Gasteiger partial charge in [0.2, 0.25) is 0 Å². The summed E-state index contributed by atoms with van der Waals surface area (Å²) in [6.07, 6.45) is 0.378. The third-order valence-electron chi connectivity index (χ3n) is 3.32. The van der Waals surface area contributed by atoms with Gasteiger partial charge in [0.25, 0.3) is 5.91 Å². The van der Waals surface area contributed by atoms with Gasteiger partial charge < -0.3 is 14.7 Å². The molecule has 0 saturated carbocycles. The molecule has 0 spiro atoms. The minimum atomic E-state index is -0.969. The van der Waals surface area contributed by atoms with Crippen molar-refractivity contribution in [2.45, 2.75) is 25.9 Å². The summed E-state index contributed by atoms with van der Waals surface area (Å²) in [6.45, 7) is 2.48. The Hall–Kier alpha value is -1.69. The van der Waals surface area contributed by atoms with Crippen molar-refractivity contribution in [2.75, 3.05) is 19.7 Å². The molecule has 1 aromatic carbocycles. The predicted octanol–water partition coefficient (Wildman–Crippen LogP) is 1.96. The minimum absolute atomic E-state index is 0.130. The summed E-state index contributed by atoms with van der Waals surface area (Å²) in [5, 5.41) is 9.40. The van der Waals surface area contributed by atoms with E-state index in [1.807, 2.05) is 0 Å². The number of piperidine rings is 1. The van der Waals surface area contributed by atoms with Gasteiger partial charge in [0.05, 0.1) is 12.7 Å². The van der Waals surface area contributed by atoms with Crippen molar-refractivity contribution in [3.8, 4) is 5.75 Å². The number of hydrogen-bond donors (Lipinski definition) is 1. The van der Waals surface area contributed by atoms with Crippen molar-refractivity contribution in [3.63, 3.8) is 0 Å². The van der Waals surface area contributed by atoms with E-state index < -0.39 is 29.2 Å². The lowest BCUT2D eigenvalue weighted by molar-refractivity contribution is 0.0537. The van der Waals surface area contributed by atoms with Gasteiger partial charge in [-0.15, -0.1) is 0 Å². The molecular weight excluding hydrogens is 268 g/mol. The van der Waals surface area contributed by atoms with E-state index in [2.05, 4.69) is 0 Å². The number of rotatable bonds is 3. The molecule has 0 aliphatic carbocycles. The molecule has 20 heavy (non-hydrogen) atoms. The highest BCUT2D eigenvalue weighted by Crippen LogP contribution is 2.25. The fourth-order valence-corrected chi connectivity index (χ4v) is 2.22. The van der Waals surface area contributed by atoms with Crippen molar-refractivity contribution >= 4 is 5.91 Å². The number of carbonyl (C=O) groups excluding carboxylic acids is 1. The quantitative estimate of drug-likeness (QED) is 0.923. The third-order valence-corrected chi connectivity index (χ3v) is 3.32. The van der Waals surface area contributed by atoms with Gasteiger partial charge in [0, 0.05) is 13.1 Å². The molecule has 1 amide bonds. The van der Waals surface area contributed by atoms with Crippen LogP contribution in [0.25, 0.3) is 0 Å². The number of nitrogens with zero attached hydrogens (tertiary/aromatic N) is 1. The van der Waals surface area contributed by atoms with Crippen LogP contribution in [0.5, 0.6) is 5.75 Å². The fraction of sp³-hybridized carbons (Fsp3) is 0.500. The topological polar surface area (TPSA) is 49.8 Å². The van der Waals surface area contributed by atoms with E-state index in [1.54, 1.807) is 6.92 Å². The average Bonchev–Trinajstić information content (AvgIpc) is 2.43. The summed E-state index contributed by atoms with van der Waals surface area (Å²) in [6, 6.07) is 2.20. The Morgan fingerprint density at radius 2 is 2.05 bits per heavy atom. The molecule has 2 rings (SSSR count). The molecule has 0 aromatic heterocycles. The molecule has 1 aliphatic rings. The first-order valence-corrected chi connectivity index (χ1v) is 6.62. The molecule has 1 N–H and O–H groups in total. The monoisotopic (exact) mass is 285 g/mol. The molecule has 1 aliphatic heterocycles. The number of aliphatic hydroxyl groups is 1. The highest BCUT2D eigenvalue weighted by molar-refractivity contribution is 5.95. The summed E-state index contributed by atoms with van der Waals surface area (Å²) in [5.74, 6) is -2.70. The van der Waals surface area contributed by atoms with Crippen LogP contribution in [-0.2, 0) is 0 Å². The predicted molar refractivity (Wildman–Crippen MR) is 68.7 cm³/mol. The molecular formula is C14H17F2NO3. The van der Waals surface area contributed by atoms with Crippen LogP contribution in [-0.4, -0.2) is 41.7 Å². The van der Waals surface area contributed by atoms with Crippen LogP contribution in [0, 0.1) is 11.6 Å². The molecule has 0 radical (unpaired) electrons. The van der Waals surface area contributed by atoms with Gasteiger partial charge in [-0.3, -0.25) is 4.79 Å². The average molecular weight is 285 g/mol. The number of aliphatic hydroxyl groups excluding tert-OH is 1. The molecule has 110 valence electrons. The molecule has 0 unspecified atom stereocenters. The van der Waals surface area contributed by atoms with Gasteiger partial charge in [0.1, 0.15) is 11.4 Å². The van der Waals surface area contributed by atoms with Crippen LogP contribution >= 0.6 is 0 Å². The third kappa shape index (κ3) is 2.90. The van der Waals surface area contributed by atoms with Gasteiger partial charge in [-0.05, 0) is 31.9 Å². The van der Waals surface area contributed by atoms with E-state index in [0.717, 1.165) is 6.07 Å². The van der Waals surface area contributed by atoms with E-state index in [9.17, 15) is 18.7 Å². The molecule has 1 saturated heterocycles. The van der Waals surface area contributed by atoms with Gasteiger partial charge >= 0.3 is 0 Å². The Labute approximate surface area is 116 Å². The van der Waals surface area contributed by atoms with Crippen LogP contribution in [0.3, 0.4) is 0 Å². The number of hydrogen-bond acceptors (Lipinski definition) is 3. The first kappa shape index (κ1) is 14.7. The van der Waals surface area contributed by atoms with Crippen LogP contribution in [0.15, 0.2) is 12.1 Å². The van der Waals surface area contributed by atoms with Crippen molar-refractivity contribution in [1.29, 1.82) is 0 Å². The normalized spacial score (nSPS) is 16.3. The summed E-state index contributed by atoms with van der Waals surface area (Å²) in [4.78, 5) is 13.6. The number of benzene rings is 1. The molecule has 0 atom stereocenters. The van der Waals surface area contributed by atoms with Gasteiger partial charge in [-0.1, -0.05) is 0 Å². The van der Waals surface area contributed by atoms with Crippen molar-refractivity contribution in [2.24, 2.45) is 0 Å². The van der Waals surface area contributed by atoms with Crippen molar-refractivity contribution in [1.82, 2.24) is 4.90 Å². The minimum Gasteiger partial charge on any atom is -0.491 e. The van der Waals surface area contributed by atoms with Crippen LogP contribution in [0.1, 0.15) is 30.1 Å². The molecule has 6 heteroatoms. The Kier molecular flexibility index (Phi) is 4.54. The van der Waals surface area contributed by atoms with Crippen LogP contribution in [0.2, 0.25) is 0 Å². The van der Waals surface area contributed by atoms with Crippen molar-refractivity contribution < 1.29 is 23.4 Å². The second-order valence-electron chi connectivity index (χ2n) is 4.69. The van der Waals surface area contributed by atoms with Crippen molar-refractivity contribution in [3.05, 3.63) is 29.3 Å². The van der Waals surface area contributed by atoms with Gasteiger partial charge in [0.15, 0.2) is 11.6 Å².